The molecule has 1 aromatic rings. The number of hydrazine groups is 1. The van der Waals surface area contributed by atoms with Gasteiger partial charge in [-0.05, 0) is 50.3 Å². The molecule has 0 aromatic carbocycles. The van der Waals surface area contributed by atoms with E-state index < -0.39 is 0 Å². The second kappa shape index (κ2) is 5.88. The first kappa shape index (κ1) is 12.9. The van der Waals surface area contributed by atoms with Crippen LogP contribution >= 0.6 is 0 Å². The van der Waals surface area contributed by atoms with Crippen LogP contribution in [0.15, 0.2) is 18.3 Å². The second-order valence-corrected chi connectivity index (χ2v) is 5.90. The monoisotopic (exact) mass is 260 g/mol. The summed E-state index contributed by atoms with van der Waals surface area (Å²) in [5, 5.41) is 0. The van der Waals surface area contributed by atoms with E-state index in [0.717, 1.165) is 29.9 Å². The van der Waals surface area contributed by atoms with Crippen LogP contribution in [0.5, 0.6) is 0 Å². The minimum absolute atomic E-state index is 0.791. The molecule has 0 amide bonds. The van der Waals surface area contributed by atoms with Crippen LogP contribution in [0.4, 0.5) is 5.69 Å². The SMILES string of the molecule is NNc1ccnc(CN2CCCC2C2CCCC2)c1. The van der Waals surface area contributed by atoms with Gasteiger partial charge in [0, 0.05) is 18.8 Å². The summed E-state index contributed by atoms with van der Waals surface area (Å²) in [7, 11) is 0. The molecule has 19 heavy (non-hydrogen) atoms. The summed E-state index contributed by atoms with van der Waals surface area (Å²) in [6, 6.07) is 4.75. The van der Waals surface area contributed by atoms with E-state index in [9.17, 15) is 0 Å². The number of anilines is 1. The number of nitrogen functional groups attached to an aromatic ring is 1. The van der Waals surface area contributed by atoms with Gasteiger partial charge in [0.15, 0.2) is 0 Å². The molecule has 4 heteroatoms. The van der Waals surface area contributed by atoms with Crippen molar-refractivity contribution in [2.75, 3.05) is 12.0 Å². The predicted octanol–water partition coefficient (Wildman–Crippen LogP) is 2.52. The molecule has 0 bridgehead atoms. The van der Waals surface area contributed by atoms with Crippen molar-refractivity contribution in [1.82, 2.24) is 9.88 Å². The third-order valence-corrected chi connectivity index (χ3v) is 4.71. The van der Waals surface area contributed by atoms with Gasteiger partial charge >= 0.3 is 0 Å². The summed E-state index contributed by atoms with van der Waals surface area (Å²) < 4.78 is 0. The van der Waals surface area contributed by atoms with Crippen LogP contribution < -0.4 is 11.3 Å². The minimum atomic E-state index is 0.791. The Morgan fingerprint density at radius 1 is 1.26 bits per heavy atom. The normalized spacial score (nSPS) is 25.0. The Bertz CT molecular complexity index is 414. The van der Waals surface area contributed by atoms with Gasteiger partial charge in [0.2, 0.25) is 0 Å². The molecule has 4 nitrogen and oxygen atoms in total. The first-order valence-electron chi connectivity index (χ1n) is 7.52. The first-order chi connectivity index (χ1) is 9.36. The van der Waals surface area contributed by atoms with Crippen LogP contribution in [-0.2, 0) is 6.54 Å². The molecule has 3 N–H and O–H groups in total. The fraction of sp³-hybridized carbons (Fsp3) is 0.667. The molecule has 0 spiro atoms. The van der Waals surface area contributed by atoms with E-state index in [1.54, 1.807) is 0 Å². The van der Waals surface area contributed by atoms with Crippen molar-refractivity contribution in [2.45, 2.75) is 51.1 Å². The van der Waals surface area contributed by atoms with Gasteiger partial charge in [-0.15, -0.1) is 0 Å². The average molecular weight is 260 g/mol. The highest BCUT2D eigenvalue weighted by Crippen LogP contribution is 2.35. The summed E-state index contributed by atoms with van der Waals surface area (Å²) in [4.78, 5) is 7.11. The number of hydrogen-bond donors (Lipinski definition) is 2. The molecule has 1 unspecified atom stereocenters. The van der Waals surface area contributed by atoms with Crippen LogP contribution in [0.1, 0.15) is 44.2 Å². The number of nitrogens with zero attached hydrogens (tertiary/aromatic N) is 2. The number of aromatic nitrogens is 1. The van der Waals surface area contributed by atoms with Crippen LogP contribution in [0.25, 0.3) is 0 Å². The summed E-state index contributed by atoms with van der Waals surface area (Å²) in [5.74, 6) is 6.39. The Balaban J connectivity index is 1.67. The number of nitrogens with one attached hydrogen (secondary N) is 1. The molecular weight excluding hydrogens is 236 g/mol. The van der Waals surface area contributed by atoms with Gasteiger partial charge < -0.3 is 5.43 Å². The Morgan fingerprint density at radius 2 is 2.11 bits per heavy atom. The van der Waals surface area contributed by atoms with Crippen molar-refractivity contribution >= 4 is 5.69 Å². The maximum absolute atomic E-state index is 5.46. The fourth-order valence-electron chi connectivity index (χ4n) is 3.79. The number of likely N-dealkylation sites (tertiary alicyclic amines) is 1. The third kappa shape index (κ3) is 2.90. The van der Waals surface area contributed by atoms with E-state index in [1.807, 2.05) is 12.3 Å². The van der Waals surface area contributed by atoms with Crippen molar-refractivity contribution in [3.63, 3.8) is 0 Å². The minimum Gasteiger partial charge on any atom is -0.324 e. The lowest BCUT2D eigenvalue weighted by atomic mass is 9.96. The highest BCUT2D eigenvalue weighted by molar-refractivity contribution is 5.41. The summed E-state index contributed by atoms with van der Waals surface area (Å²) in [6.45, 7) is 2.19. The topological polar surface area (TPSA) is 54.2 Å². The Labute approximate surface area is 115 Å². The molecule has 3 rings (SSSR count). The molecule has 1 aromatic heterocycles. The largest absolute Gasteiger partial charge is 0.324 e. The van der Waals surface area contributed by atoms with E-state index in [2.05, 4.69) is 21.4 Å². The Kier molecular flexibility index (Phi) is 3.99. The summed E-state index contributed by atoms with van der Waals surface area (Å²) in [5.41, 5.74) is 4.77. The van der Waals surface area contributed by atoms with E-state index in [1.165, 1.54) is 45.1 Å². The highest BCUT2D eigenvalue weighted by atomic mass is 15.2. The van der Waals surface area contributed by atoms with Crippen LogP contribution in [0.2, 0.25) is 0 Å². The maximum Gasteiger partial charge on any atom is 0.0565 e. The second-order valence-electron chi connectivity index (χ2n) is 5.90. The van der Waals surface area contributed by atoms with E-state index >= 15 is 0 Å². The van der Waals surface area contributed by atoms with Gasteiger partial charge in [-0.3, -0.25) is 15.7 Å². The standard InChI is InChI=1S/C15H24N4/c16-18-13-7-8-17-14(10-13)11-19-9-3-6-15(19)12-4-1-2-5-12/h7-8,10,12,15H,1-6,9,11,16H2,(H,17,18). The molecule has 1 atom stereocenters. The van der Waals surface area contributed by atoms with E-state index in [0.29, 0.717) is 0 Å². The summed E-state index contributed by atoms with van der Waals surface area (Å²) in [6.07, 6.45) is 10.3. The van der Waals surface area contributed by atoms with Gasteiger partial charge in [0.05, 0.1) is 11.4 Å². The van der Waals surface area contributed by atoms with Crippen molar-refractivity contribution in [3.05, 3.63) is 24.0 Å². The van der Waals surface area contributed by atoms with Crippen LogP contribution in [-0.4, -0.2) is 22.5 Å². The molecule has 2 heterocycles. The van der Waals surface area contributed by atoms with E-state index in [-0.39, 0.29) is 0 Å². The zero-order valence-electron chi connectivity index (χ0n) is 11.5. The van der Waals surface area contributed by atoms with Crippen LogP contribution in [0.3, 0.4) is 0 Å². The maximum atomic E-state index is 5.46. The molecule has 2 fully saturated rings. The quantitative estimate of drug-likeness (QED) is 0.645. The molecule has 2 aliphatic rings. The smallest absolute Gasteiger partial charge is 0.0565 e. The zero-order chi connectivity index (χ0) is 13.1. The van der Waals surface area contributed by atoms with Gasteiger partial charge in [-0.2, -0.15) is 0 Å². The molecule has 1 saturated carbocycles. The molecule has 0 radical (unpaired) electrons. The van der Waals surface area contributed by atoms with Gasteiger partial charge in [0.25, 0.3) is 0 Å². The Morgan fingerprint density at radius 3 is 2.89 bits per heavy atom. The lowest BCUT2D eigenvalue weighted by Crippen LogP contribution is -2.34. The lowest BCUT2D eigenvalue weighted by molar-refractivity contribution is 0.181. The predicted molar refractivity (Wildman–Crippen MR) is 77.4 cm³/mol. The molecule has 1 aliphatic carbocycles. The summed E-state index contributed by atoms with van der Waals surface area (Å²) >= 11 is 0. The molecule has 1 aliphatic heterocycles. The third-order valence-electron chi connectivity index (χ3n) is 4.71. The number of rotatable bonds is 4. The number of nitrogens with two attached hydrogens (primary N) is 1. The zero-order valence-corrected chi connectivity index (χ0v) is 11.5. The number of pyridine rings is 1. The van der Waals surface area contributed by atoms with Gasteiger partial charge in [-0.25, -0.2) is 0 Å². The average Bonchev–Trinajstić information content (AvgIpc) is 3.09. The van der Waals surface area contributed by atoms with Gasteiger partial charge in [0.1, 0.15) is 0 Å². The first-order valence-corrected chi connectivity index (χ1v) is 7.52. The van der Waals surface area contributed by atoms with Crippen LogP contribution in [0, 0.1) is 5.92 Å². The van der Waals surface area contributed by atoms with E-state index in [4.69, 9.17) is 5.84 Å². The van der Waals surface area contributed by atoms with Crippen molar-refractivity contribution in [2.24, 2.45) is 11.8 Å². The number of hydrogen-bond acceptors (Lipinski definition) is 4. The fourth-order valence-corrected chi connectivity index (χ4v) is 3.79. The Hall–Kier alpha value is -1.13. The van der Waals surface area contributed by atoms with Crippen molar-refractivity contribution < 1.29 is 0 Å². The molecule has 1 saturated heterocycles. The lowest BCUT2D eigenvalue weighted by Gasteiger charge is -2.29. The highest BCUT2D eigenvalue weighted by Gasteiger charge is 2.33. The molecular formula is C15H24N4. The van der Waals surface area contributed by atoms with Gasteiger partial charge in [-0.1, -0.05) is 12.8 Å². The molecule has 104 valence electrons. The van der Waals surface area contributed by atoms with Crippen molar-refractivity contribution in [1.29, 1.82) is 0 Å². The van der Waals surface area contributed by atoms with Crippen molar-refractivity contribution in [3.8, 4) is 0 Å².